The van der Waals surface area contributed by atoms with Crippen LogP contribution in [0.1, 0.15) is 45.7 Å². The van der Waals surface area contributed by atoms with Crippen LogP contribution in [-0.4, -0.2) is 22.9 Å². The molecule has 0 heterocycles. The molecule has 0 radical (unpaired) electrons. The van der Waals surface area contributed by atoms with Gasteiger partial charge in [0.25, 0.3) is 0 Å². The standard InChI is InChI=1S/C19H29N3O2/c1-12(16(23)11-17(21)22-18(24)13(2)20)10-14-6-8-15(9-7-14)19(3,4)5/h6-9,11-13,23H,10,20H2,1-5H3,(H2,21,22,24)/p+1/b16-11-/t12?,13-/m0/s1. The molecule has 0 aliphatic rings. The maximum Gasteiger partial charge on any atom is 0.242 e. The number of allylic oxidation sites excluding steroid dienone is 1. The minimum absolute atomic E-state index is 0.0435. The number of amides is 1. The zero-order valence-electron chi connectivity index (χ0n) is 15.2. The van der Waals surface area contributed by atoms with Crippen LogP contribution < -0.4 is 11.1 Å². The lowest BCUT2D eigenvalue weighted by Crippen LogP contribution is -2.40. The van der Waals surface area contributed by atoms with Crippen LogP contribution in [0.5, 0.6) is 0 Å². The number of nitrogens with two attached hydrogens (primary N) is 1. The molecule has 132 valence electrons. The molecule has 0 fully saturated rings. The van der Waals surface area contributed by atoms with E-state index in [1.54, 1.807) is 6.92 Å². The molecule has 6 N–H and O–H groups in total. The average Bonchev–Trinajstić information content (AvgIpc) is 2.46. The maximum absolute atomic E-state index is 11.4. The Bertz CT molecular complexity index is 610. The van der Waals surface area contributed by atoms with Crippen molar-refractivity contribution in [3.8, 4) is 0 Å². The van der Waals surface area contributed by atoms with Gasteiger partial charge in [-0.3, -0.25) is 10.2 Å². The molecule has 0 saturated heterocycles. The number of carbonyl (C=O) groups is 1. The molecule has 2 atom stereocenters. The molecule has 5 heteroatoms. The fourth-order valence-corrected chi connectivity index (χ4v) is 2.18. The second-order valence-corrected chi connectivity index (χ2v) is 7.34. The van der Waals surface area contributed by atoms with E-state index in [9.17, 15) is 4.79 Å². The highest BCUT2D eigenvalue weighted by Gasteiger charge is 2.17. The van der Waals surface area contributed by atoms with Gasteiger partial charge in [0.2, 0.25) is 11.7 Å². The van der Waals surface area contributed by atoms with E-state index >= 15 is 0 Å². The van der Waals surface area contributed by atoms with E-state index in [4.69, 9.17) is 16.2 Å². The first kappa shape index (κ1) is 19.9. The van der Waals surface area contributed by atoms with Crippen LogP contribution in [-0.2, 0) is 16.6 Å². The van der Waals surface area contributed by atoms with Gasteiger partial charge in [-0.05, 0) is 36.8 Å². The molecule has 0 aliphatic heterocycles. The monoisotopic (exact) mass is 332 g/mol. The molecule has 0 aromatic heterocycles. The van der Waals surface area contributed by atoms with Crippen molar-refractivity contribution in [2.24, 2.45) is 11.7 Å². The lowest BCUT2D eigenvalue weighted by atomic mass is 9.86. The highest BCUT2D eigenvalue weighted by atomic mass is 16.3. The number of hydrogen-bond donors (Lipinski definition) is 3. The molecule has 0 aliphatic carbocycles. The third kappa shape index (κ3) is 6.16. The Labute approximate surface area is 144 Å². The molecule has 1 unspecified atom stereocenters. The molecule has 5 nitrogen and oxygen atoms in total. The predicted octanol–water partition coefficient (Wildman–Crippen LogP) is 2.21. The smallest absolute Gasteiger partial charge is 0.242 e. The Hall–Kier alpha value is -2.14. The second kappa shape index (κ2) is 8.11. The molecular formula is C19H30N3O2+. The predicted molar refractivity (Wildman–Crippen MR) is 99.2 cm³/mol. The Morgan fingerprint density at radius 2 is 1.83 bits per heavy atom. The van der Waals surface area contributed by atoms with Crippen LogP contribution in [0.25, 0.3) is 0 Å². The van der Waals surface area contributed by atoms with Gasteiger partial charge in [0.05, 0.1) is 18.0 Å². The first-order chi connectivity index (χ1) is 11.0. The highest BCUT2D eigenvalue weighted by molar-refractivity contribution is 6.04. The lowest BCUT2D eigenvalue weighted by Gasteiger charge is -2.19. The first-order valence-corrected chi connectivity index (χ1v) is 8.18. The minimum atomic E-state index is -0.674. The zero-order valence-corrected chi connectivity index (χ0v) is 15.2. The van der Waals surface area contributed by atoms with Crippen LogP contribution in [0, 0.1) is 11.3 Å². The minimum Gasteiger partial charge on any atom is -0.596 e. The number of rotatable bonds is 5. The molecule has 1 aromatic carbocycles. The number of carbonyl (C=O) groups excluding carboxylic acids is 1. The van der Waals surface area contributed by atoms with E-state index in [-0.39, 0.29) is 17.2 Å². The van der Waals surface area contributed by atoms with E-state index in [0.29, 0.717) is 12.2 Å². The van der Waals surface area contributed by atoms with Gasteiger partial charge in [-0.1, -0.05) is 45.0 Å². The summed E-state index contributed by atoms with van der Waals surface area (Å²) >= 11 is 0. The topological polar surface area (TPSA) is 102 Å². The summed E-state index contributed by atoms with van der Waals surface area (Å²) in [5.74, 6) is -0.255. The van der Waals surface area contributed by atoms with Crippen LogP contribution in [0.4, 0.5) is 0 Å². The van der Waals surface area contributed by atoms with Gasteiger partial charge < -0.3 is 16.2 Å². The number of amidine groups is 1. The molecule has 1 aromatic rings. The summed E-state index contributed by atoms with van der Waals surface area (Å²) in [6.45, 7) is 10.0. The van der Waals surface area contributed by atoms with Crippen molar-refractivity contribution in [2.45, 2.75) is 52.5 Å². The van der Waals surface area contributed by atoms with Crippen molar-refractivity contribution in [1.29, 1.82) is 5.41 Å². The van der Waals surface area contributed by atoms with Gasteiger partial charge in [0.1, 0.15) is 5.84 Å². The fourth-order valence-electron chi connectivity index (χ4n) is 2.18. The normalized spacial score (nSPS) is 14.8. The van der Waals surface area contributed by atoms with Gasteiger partial charge in [-0.25, -0.2) is 0 Å². The Morgan fingerprint density at radius 1 is 1.29 bits per heavy atom. The summed E-state index contributed by atoms with van der Waals surface area (Å²) in [6, 6.07) is 7.76. The van der Waals surface area contributed by atoms with E-state index in [0.717, 1.165) is 5.56 Å². The van der Waals surface area contributed by atoms with Crippen molar-refractivity contribution in [2.75, 3.05) is 0 Å². The van der Waals surface area contributed by atoms with Crippen molar-refractivity contribution in [3.63, 3.8) is 0 Å². The molecule has 0 bridgehead atoms. The largest absolute Gasteiger partial charge is 0.596 e. The quantitative estimate of drug-likeness (QED) is 0.333. The van der Waals surface area contributed by atoms with E-state index in [1.807, 2.05) is 6.92 Å². The van der Waals surface area contributed by atoms with Gasteiger partial charge in [0, 0.05) is 0 Å². The summed E-state index contributed by atoms with van der Waals surface area (Å²) < 4.78 is 0. The summed E-state index contributed by atoms with van der Waals surface area (Å²) in [5, 5.41) is 18.2. The Balaban J connectivity index is 2.69. The molecule has 1 rings (SSSR count). The second-order valence-electron chi connectivity index (χ2n) is 7.34. The van der Waals surface area contributed by atoms with Crippen LogP contribution in [0.2, 0.25) is 0 Å². The average molecular weight is 332 g/mol. The van der Waals surface area contributed by atoms with Crippen molar-refractivity contribution >= 4 is 11.7 Å². The lowest BCUT2D eigenvalue weighted by molar-refractivity contribution is -0.120. The third-order valence-electron chi connectivity index (χ3n) is 3.86. The van der Waals surface area contributed by atoms with Gasteiger partial charge in [-0.15, -0.1) is 0 Å². The molecular weight excluding hydrogens is 302 g/mol. The highest BCUT2D eigenvalue weighted by Crippen LogP contribution is 2.23. The summed E-state index contributed by atoms with van der Waals surface area (Å²) in [6.07, 6.45) is 2.09. The van der Waals surface area contributed by atoms with E-state index in [1.165, 1.54) is 11.6 Å². The van der Waals surface area contributed by atoms with Gasteiger partial charge in [-0.2, -0.15) is 0 Å². The molecule has 0 spiro atoms. The third-order valence-corrected chi connectivity index (χ3v) is 3.86. The molecule has 0 saturated carbocycles. The Morgan fingerprint density at radius 3 is 2.29 bits per heavy atom. The summed E-state index contributed by atoms with van der Waals surface area (Å²) in [4.78, 5) is 11.4. The summed E-state index contributed by atoms with van der Waals surface area (Å²) in [7, 11) is 0. The Kier molecular flexibility index (Phi) is 6.72. The number of hydrogen-bond acceptors (Lipinski definition) is 3. The van der Waals surface area contributed by atoms with Crippen molar-refractivity contribution < 1.29 is 9.90 Å². The summed E-state index contributed by atoms with van der Waals surface area (Å²) in [5.41, 5.74) is 8.00. The van der Waals surface area contributed by atoms with Crippen LogP contribution in [0.3, 0.4) is 0 Å². The SMILES string of the molecule is CC(Cc1ccc(C(C)(C)C)cc1)/C([OH2+])=C/C(=N)NC(=O)[C@H](C)N. The van der Waals surface area contributed by atoms with Crippen molar-refractivity contribution in [3.05, 3.63) is 47.2 Å². The van der Waals surface area contributed by atoms with E-state index < -0.39 is 11.9 Å². The van der Waals surface area contributed by atoms with E-state index in [2.05, 4.69) is 50.4 Å². The van der Waals surface area contributed by atoms with Gasteiger partial charge >= 0.3 is 0 Å². The molecule has 1 amide bonds. The van der Waals surface area contributed by atoms with Crippen LogP contribution >= 0.6 is 0 Å². The maximum atomic E-state index is 11.4. The number of benzene rings is 1. The van der Waals surface area contributed by atoms with Crippen LogP contribution in [0.15, 0.2) is 36.1 Å². The zero-order chi connectivity index (χ0) is 18.5. The fraction of sp³-hybridized carbons (Fsp3) is 0.474. The first-order valence-electron chi connectivity index (χ1n) is 8.18. The number of nitrogens with one attached hydrogen (secondary N) is 2. The van der Waals surface area contributed by atoms with Crippen molar-refractivity contribution in [1.82, 2.24) is 5.32 Å². The van der Waals surface area contributed by atoms with Gasteiger partial charge in [0.15, 0.2) is 0 Å². The molecule has 24 heavy (non-hydrogen) atoms.